The molecule has 2 aliphatic heterocycles. The van der Waals surface area contributed by atoms with Gasteiger partial charge in [0.2, 0.25) is 0 Å². The van der Waals surface area contributed by atoms with Gasteiger partial charge in [0.1, 0.15) is 24.8 Å². The third kappa shape index (κ3) is 5.61. The smallest absolute Gasteiger partial charge is 0.283 e. The predicted molar refractivity (Wildman–Crippen MR) is 157 cm³/mol. The zero-order chi connectivity index (χ0) is 27.4. The molecule has 0 radical (unpaired) electrons. The molecule has 0 fully saturated rings. The Morgan fingerprint density at radius 1 is 0.923 bits per heavy atom. The summed E-state index contributed by atoms with van der Waals surface area (Å²) in [5, 5.41) is 11.3. The first-order chi connectivity index (χ1) is 19.0. The predicted octanol–water partition coefficient (Wildman–Crippen LogP) is 6.46. The lowest BCUT2D eigenvalue weighted by Gasteiger charge is -2.27. The van der Waals surface area contributed by atoms with Crippen LogP contribution in [-0.4, -0.2) is 41.6 Å². The van der Waals surface area contributed by atoms with Crippen molar-refractivity contribution in [1.29, 1.82) is 5.41 Å². The van der Waals surface area contributed by atoms with E-state index in [4.69, 9.17) is 19.6 Å². The zero-order valence-corrected chi connectivity index (χ0v) is 22.9. The molecule has 0 atom stereocenters. The molecule has 0 spiro atoms. The highest BCUT2D eigenvalue weighted by Crippen LogP contribution is 2.38. The van der Waals surface area contributed by atoms with Gasteiger partial charge in [-0.1, -0.05) is 66.4 Å². The van der Waals surface area contributed by atoms with Crippen molar-refractivity contribution in [2.75, 3.05) is 19.8 Å². The molecular formula is C31H29N3O4S. The molecule has 2 aliphatic rings. The first-order valence-electron chi connectivity index (χ1n) is 12.7. The molecule has 2 heterocycles. The number of ether oxygens (including phenoxy) is 3. The summed E-state index contributed by atoms with van der Waals surface area (Å²) in [5.41, 5.74) is 4.86. The van der Waals surface area contributed by atoms with Crippen molar-refractivity contribution < 1.29 is 19.0 Å². The number of aryl methyl sites for hydroxylation is 2. The van der Waals surface area contributed by atoms with Gasteiger partial charge >= 0.3 is 0 Å². The lowest BCUT2D eigenvalue weighted by Crippen LogP contribution is -2.38. The Morgan fingerprint density at radius 2 is 1.67 bits per heavy atom. The molecule has 3 aromatic carbocycles. The number of nitrogens with zero attached hydrogens (tertiary/aromatic N) is 2. The van der Waals surface area contributed by atoms with Gasteiger partial charge in [0.05, 0.1) is 17.9 Å². The van der Waals surface area contributed by atoms with Gasteiger partial charge in [0.15, 0.2) is 16.7 Å². The molecule has 39 heavy (non-hydrogen) atoms. The summed E-state index contributed by atoms with van der Waals surface area (Å²) < 4.78 is 17.8. The van der Waals surface area contributed by atoms with Crippen LogP contribution in [0.1, 0.15) is 29.2 Å². The molecule has 7 nitrogen and oxygen atoms in total. The Balaban J connectivity index is 1.32. The number of carbonyl (C=O) groups excluding carboxylic acids is 1. The van der Waals surface area contributed by atoms with Crippen LogP contribution in [-0.2, 0) is 4.79 Å². The quantitative estimate of drug-likeness (QED) is 0.248. The lowest BCUT2D eigenvalue weighted by atomic mass is 10.1. The number of amidine groups is 2. The Morgan fingerprint density at radius 3 is 2.41 bits per heavy atom. The summed E-state index contributed by atoms with van der Waals surface area (Å²) in [7, 11) is 0. The third-order valence-corrected chi connectivity index (χ3v) is 7.08. The minimum absolute atomic E-state index is 0.0898. The zero-order valence-electron chi connectivity index (χ0n) is 22.1. The molecule has 1 N–H and O–H groups in total. The monoisotopic (exact) mass is 539 g/mol. The summed E-state index contributed by atoms with van der Waals surface area (Å²) >= 11 is 1.34. The van der Waals surface area contributed by atoms with Gasteiger partial charge in [-0.25, -0.2) is 0 Å². The molecule has 198 valence electrons. The fourth-order valence-electron chi connectivity index (χ4n) is 4.41. The van der Waals surface area contributed by atoms with Crippen molar-refractivity contribution in [2.24, 2.45) is 4.99 Å². The topological polar surface area (TPSA) is 84.2 Å². The standard InChI is InChI=1S/C31H29N3O4S/c1-4-36-27-18-22(13-14-26(27)37-15-16-38-28-20(2)9-8-10-21(28)3)17-24-29(32)34-25(23-11-6-5-7-12-23)19-39-31(34)33-30(24)35/h5-14,17-19,32H,4,15-16H2,1-3H3/b24-17-,32-29?. The van der Waals surface area contributed by atoms with Crippen molar-refractivity contribution >= 4 is 40.4 Å². The number of thioether (sulfide) groups is 1. The van der Waals surface area contributed by atoms with Gasteiger partial charge in [-0.15, -0.1) is 0 Å². The molecule has 1 amide bonds. The Labute approximate surface area is 232 Å². The maximum atomic E-state index is 12.9. The lowest BCUT2D eigenvalue weighted by molar-refractivity contribution is -0.114. The number of benzene rings is 3. The van der Waals surface area contributed by atoms with Crippen molar-refractivity contribution in [2.45, 2.75) is 20.8 Å². The fraction of sp³-hybridized carbons (Fsp3) is 0.194. The van der Waals surface area contributed by atoms with Crippen LogP contribution in [0, 0.1) is 19.3 Å². The molecule has 0 unspecified atom stereocenters. The van der Waals surface area contributed by atoms with Crippen molar-refractivity contribution in [3.63, 3.8) is 0 Å². The Kier molecular flexibility index (Phi) is 7.84. The van der Waals surface area contributed by atoms with Gasteiger partial charge in [-0.2, -0.15) is 4.99 Å². The molecular weight excluding hydrogens is 510 g/mol. The highest BCUT2D eigenvalue weighted by molar-refractivity contribution is 8.17. The summed E-state index contributed by atoms with van der Waals surface area (Å²) in [5.74, 6) is 1.66. The van der Waals surface area contributed by atoms with Crippen LogP contribution in [0.3, 0.4) is 0 Å². The maximum absolute atomic E-state index is 12.9. The van der Waals surface area contributed by atoms with E-state index in [0.717, 1.165) is 28.1 Å². The van der Waals surface area contributed by atoms with Crippen molar-refractivity contribution in [3.8, 4) is 17.2 Å². The van der Waals surface area contributed by atoms with Crippen molar-refractivity contribution in [1.82, 2.24) is 4.90 Å². The van der Waals surface area contributed by atoms with E-state index < -0.39 is 5.91 Å². The number of para-hydroxylation sites is 1. The molecule has 0 saturated carbocycles. The number of hydrogen-bond acceptors (Lipinski definition) is 6. The second-order valence-electron chi connectivity index (χ2n) is 8.99. The number of carbonyl (C=O) groups is 1. The second kappa shape index (κ2) is 11.6. The average Bonchev–Trinajstić information content (AvgIpc) is 3.36. The molecule has 3 aromatic rings. The summed E-state index contributed by atoms with van der Waals surface area (Å²) in [6.07, 6.45) is 1.67. The number of hydrogen-bond donors (Lipinski definition) is 1. The molecule has 0 saturated heterocycles. The van der Waals surface area contributed by atoms with E-state index in [1.54, 1.807) is 11.0 Å². The van der Waals surface area contributed by atoms with E-state index in [-0.39, 0.29) is 11.4 Å². The summed E-state index contributed by atoms with van der Waals surface area (Å²) in [6, 6.07) is 21.3. The van der Waals surface area contributed by atoms with Gasteiger partial charge in [-0.3, -0.25) is 15.1 Å². The van der Waals surface area contributed by atoms with Crippen LogP contribution in [0.15, 0.2) is 82.7 Å². The molecule has 0 aliphatic carbocycles. The largest absolute Gasteiger partial charge is 0.490 e. The van der Waals surface area contributed by atoms with Gasteiger partial charge in [-0.05, 0) is 61.2 Å². The minimum Gasteiger partial charge on any atom is -0.490 e. The number of amides is 1. The molecule has 8 heteroatoms. The van der Waals surface area contributed by atoms with Crippen LogP contribution in [0.4, 0.5) is 0 Å². The van der Waals surface area contributed by atoms with Crippen LogP contribution >= 0.6 is 11.8 Å². The van der Waals surface area contributed by atoms with Gasteiger partial charge in [0, 0.05) is 5.41 Å². The normalized spacial score (nSPS) is 15.7. The van der Waals surface area contributed by atoms with E-state index in [0.29, 0.717) is 42.1 Å². The second-order valence-corrected chi connectivity index (χ2v) is 9.82. The highest BCUT2D eigenvalue weighted by Gasteiger charge is 2.36. The van der Waals surface area contributed by atoms with Crippen LogP contribution in [0.5, 0.6) is 17.2 Å². The SMILES string of the molecule is CCOc1cc(/C=C2/C(=N)N3C(c4ccccc4)=CSC3=NC2=O)ccc1OCCOc1c(C)cccc1C. The van der Waals surface area contributed by atoms with E-state index in [2.05, 4.69) is 4.99 Å². The van der Waals surface area contributed by atoms with E-state index >= 15 is 0 Å². The Bertz CT molecular complexity index is 1490. The van der Waals surface area contributed by atoms with Crippen LogP contribution < -0.4 is 14.2 Å². The number of fused-ring (bicyclic) bond motifs is 1. The van der Waals surface area contributed by atoms with Gasteiger partial charge < -0.3 is 14.2 Å². The average molecular weight is 540 g/mol. The van der Waals surface area contributed by atoms with E-state index in [1.165, 1.54) is 11.8 Å². The van der Waals surface area contributed by atoms with Crippen LogP contribution in [0.2, 0.25) is 0 Å². The van der Waals surface area contributed by atoms with E-state index in [9.17, 15) is 4.79 Å². The minimum atomic E-state index is -0.441. The first-order valence-corrected chi connectivity index (χ1v) is 13.6. The fourth-order valence-corrected chi connectivity index (χ4v) is 5.29. The maximum Gasteiger partial charge on any atom is 0.283 e. The molecule has 0 bridgehead atoms. The Hall–Kier alpha value is -4.30. The summed E-state index contributed by atoms with van der Waals surface area (Å²) in [6.45, 7) is 7.13. The number of nitrogens with one attached hydrogen (secondary N) is 1. The van der Waals surface area contributed by atoms with Gasteiger partial charge in [0.25, 0.3) is 5.91 Å². The molecule has 5 rings (SSSR count). The van der Waals surface area contributed by atoms with Crippen molar-refractivity contribution in [3.05, 3.63) is 100.0 Å². The third-order valence-electron chi connectivity index (χ3n) is 6.26. The first kappa shape index (κ1) is 26.3. The molecule has 0 aromatic heterocycles. The number of rotatable bonds is 9. The summed E-state index contributed by atoms with van der Waals surface area (Å²) in [4.78, 5) is 18.8. The van der Waals surface area contributed by atoms with Crippen LogP contribution in [0.25, 0.3) is 11.8 Å². The van der Waals surface area contributed by atoms with E-state index in [1.807, 2.05) is 92.9 Å². The number of aliphatic imine (C=N–C) groups is 1. The highest BCUT2D eigenvalue weighted by atomic mass is 32.2.